The lowest BCUT2D eigenvalue weighted by Crippen LogP contribution is -2.20. The molecule has 0 saturated carbocycles. The van der Waals surface area contributed by atoms with E-state index in [1.54, 1.807) is 17.9 Å². The van der Waals surface area contributed by atoms with E-state index in [2.05, 4.69) is 49.9 Å². The molecule has 0 unspecified atom stereocenters. The molecule has 2 aromatic heterocycles. The van der Waals surface area contributed by atoms with Crippen molar-refractivity contribution in [3.05, 3.63) is 41.9 Å². The Labute approximate surface area is 152 Å². The van der Waals surface area contributed by atoms with Crippen LogP contribution in [0.3, 0.4) is 0 Å². The molecule has 1 amide bonds. The van der Waals surface area contributed by atoms with Gasteiger partial charge in [0.15, 0.2) is 5.82 Å². The minimum Gasteiger partial charge on any atom is -0.378 e. The molecule has 26 heavy (non-hydrogen) atoms. The molecule has 0 spiro atoms. The fraction of sp³-hybridized carbons (Fsp3) is 0.333. The Morgan fingerprint density at radius 1 is 1.19 bits per heavy atom. The number of nitrogens with zero attached hydrogens (tertiary/aromatic N) is 6. The number of nitrogens with one attached hydrogen (secondary N) is 1. The maximum Gasteiger partial charge on any atom is 0.247 e. The van der Waals surface area contributed by atoms with Crippen LogP contribution in [0, 0.1) is 13.8 Å². The number of aromatic nitrogens is 5. The van der Waals surface area contributed by atoms with Gasteiger partial charge in [-0.3, -0.25) is 14.2 Å². The Balaban J connectivity index is 1.80. The van der Waals surface area contributed by atoms with E-state index in [1.807, 2.05) is 27.9 Å². The molecule has 0 saturated heterocycles. The molecule has 0 atom stereocenters. The van der Waals surface area contributed by atoms with E-state index in [4.69, 9.17) is 0 Å². The van der Waals surface area contributed by atoms with Gasteiger partial charge in [-0.1, -0.05) is 17.3 Å². The summed E-state index contributed by atoms with van der Waals surface area (Å²) < 4.78 is 3.25. The van der Waals surface area contributed by atoms with E-state index in [0.717, 1.165) is 28.2 Å². The van der Waals surface area contributed by atoms with E-state index in [-0.39, 0.29) is 12.5 Å². The SMILES string of the molecule is Cc1nn(CC(=O)Nc2cn(C)nn2)c(C)c1-c1ccc(N(C)C)cc1. The van der Waals surface area contributed by atoms with Gasteiger partial charge in [0, 0.05) is 38.1 Å². The molecule has 0 aliphatic carbocycles. The van der Waals surface area contributed by atoms with Crippen molar-refractivity contribution < 1.29 is 4.79 Å². The average Bonchev–Trinajstić information content (AvgIpc) is 3.10. The van der Waals surface area contributed by atoms with Gasteiger partial charge in [-0.05, 0) is 31.5 Å². The molecular formula is C18H23N7O. The van der Waals surface area contributed by atoms with E-state index in [9.17, 15) is 4.79 Å². The average molecular weight is 353 g/mol. The first-order valence-corrected chi connectivity index (χ1v) is 8.33. The molecule has 3 aromatic rings. The largest absolute Gasteiger partial charge is 0.378 e. The van der Waals surface area contributed by atoms with E-state index < -0.39 is 0 Å². The van der Waals surface area contributed by atoms with Gasteiger partial charge in [0.05, 0.1) is 11.9 Å². The summed E-state index contributed by atoms with van der Waals surface area (Å²) in [6, 6.07) is 8.31. The highest BCUT2D eigenvalue weighted by Gasteiger charge is 2.16. The second-order valence-corrected chi connectivity index (χ2v) is 6.47. The van der Waals surface area contributed by atoms with Gasteiger partial charge in [-0.15, -0.1) is 5.10 Å². The van der Waals surface area contributed by atoms with Gasteiger partial charge in [0.25, 0.3) is 0 Å². The topological polar surface area (TPSA) is 80.9 Å². The van der Waals surface area contributed by atoms with E-state index in [1.165, 1.54) is 4.68 Å². The zero-order valence-corrected chi connectivity index (χ0v) is 15.7. The highest BCUT2D eigenvalue weighted by atomic mass is 16.2. The standard InChI is InChI=1S/C18H23N7O/c1-12-18(14-6-8-15(9-7-14)23(3)4)13(2)25(21-12)11-17(26)19-16-10-24(5)22-20-16/h6-10H,11H2,1-5H3,(H,19,26). The van der Waals surface area contributed by atoms with Crippen molar-refractivity contribution in [3.8, 4) is 11.1 Å². The Morgan fingerprint density at radius 3 is 2.46 bits per heavy atom. The van der Waals surface area contributed by atoms with Crippen LogP contribution in [-0.2, 0) is 18.4 Å². The first-order valence-electron chi connectivity index (χ1n) is 8.33. The maximum absolute atomic E-state index is 12.3. The molecule has 1 N–H and O–H groups in total. The van der Waals surface area contributed by atoms with Gasteiger partial charge in [-0.25, -0.2) is 0 Å². The fourth-order valence-corrected chi connectivity index (χ4v) is 2.92. The number of aryl methyl sites for hydroxylation is 2. The summed E-state index contributed by atoms with van der Waals surface area (Å²) in [5.74, 6) is 0.240. The third-order valence-corrected chi connectivity index (χ3v) is 4.22. The zero-order chi connectivity index (χ0) is 18.8. The minimum absolute atomic E-state index is 0.124. The lowest BCUT2D eigenvalue weighted by molar-refractivity contribution is -0.117. The van der Waals surface area contributed by atoms with Crippen LogP contribution in [0.4, 0.5) is 11.5 Å². The zero-order valence-electron chi connectivity index (χ0n) is 15.7. The first kappa shape index (κ1) is 17.7. The molecule has 0 bridgehead atoms. The van der Waals surface area contributed by atoms with Crippen LogP contribution in [0.25, 0.3) is 11.1 Å². The molecule has 2 heterocycles. The van der Waals surface area contributed by atoms with Crippen LogP contribution in [0.15, 0.2) is 30.5 Å². The third-order valence-electron chi connectivity index (χ3n) is 4.22. The maximum atomic E-state index is 12.3. The lowest BCUT2D eigenvalue weighted by atomic mass is 10.0. The van der Waals surface area contributed by atoms with Crippen molar-refractivity contribution in [2.75, 3.05) is 24.3 Å². The van der Waals surface area contributed by atoms with Crippen LogP contribution in [-0.4, -0.2) is 44.8 Å². The summed E-state index contributed by atoms with van der Waals surface area (Å²) in [6.07, 6.45) is 1.65. The summed E-state index contributed by atoms with van der Waals surface area (Å²) in [5, 5.41) is 14.9. The molecule has 8 nitrogen and oxygen atoms in total. The van der Waals surface area contributed by atoms with Crippen LogP contribution >= 0.6 is 0 Å². The lowest BCUT2D eigenvalue weighted by Gasteiger charge is -2.13. The molecule has 1 aromatic carbocycles. The second-order valence-electron chi connectivity index (χ2n) is 6.47. The van der Waals surface area contributed by atoms with Gasteiger partial charge < -0.3 is 10.2 Å². The summed E-state index contributed by atoms with van der Waals surface area (Å²) in [5.41, 5.74) is 5.13. The van der Waals surface area contributed by atoms with E-state index >= 15 is 0 Å². The monoisotopic (exact) mass is 353 g/mol. The molecule has 0 fully saturated rings. The predicted octanol–water partition coefficient (Wildman–Crippen LogP) is 2.00. The first-order chi connectivity index (χ1) is 12.3. The molecular weight excluding hydrogens is 330 g/mol. The normalized spacial score (nSPS) is 10.8. The van der Waals surface area contributed by atoms with E-state index in [0.29, 0.717) is 5.82 Å². The fourth-order valence-electron chi connectivity index (χ4n) is 2.92. The summed E-state index contributed by atoms with van der Waals surface area (Å²) in [6.45, 7) is 4.06. The number of carbonyl (C=O) groups is 1. The summed E-state index contributed by atoms with van der Waals surface area (Å²) in [7, 11) is 5.77. The highest BCUT2D eigenvalue weighted by molar-refractivity contribution is 5.89. The van der Waals surface area contributed by atoms with Crippen molar-refractivity contribution in [2.24, 2.45) is 7.05 Å². The highest BCUT2D eigenvalue weighted by Crippen LogP contribution is 2.28. The van der Waals surface area contributed by atoms with Crippen LogP contribution in [0.2, 0.25) is 0 Å². The quantitative estimate of drug-likeness (QED) is 0.759. The van der Waals surface area contributed by atoms with Crippen molar-refractivity contribution in [2.45, 2.75) is 20.4 Å². The number of rotatable bonds is 5. The van der Waals surface area contributed by atoms with Crippen LogP contribution in [0.1, 0.15) is 11.4 Å². The predicted molar refractivity (Wildman–Crippen MR) is 101 cm³/mol. The Morgan fingerprint density at radius 2 is 1.88 bits per heavy atom. The number of hydrogen-bond acceptors (Lipinski definition) is 5. The van der Waals surface area contributed by atoms with Gasteiger partial charge in [0.2, 0.25) is 5.91 Å². The summed E-state index contributed by atoms with van der Waals surface area (Å²) >= 11 is 0. The third kappa shape index (κ3) is 3.58. The number of hydrogen-bond donors (Lipinski definition) is 1. The molecule has 0 radical (unpaired) electrons. The van der Waals surface area contributed by atoms with Gasteiger partial charge in [-0.2, -0.15) is 5.10 Å². The number of carbonyl (C=O) groups excluding carboxylic acids is 1. The molecule has 0 aliphatic heterocycles. The number of amides is 1. The van der Waals surface area contributed by atoms with Gasteiger partial charge >= 0.3 is 0 Å². The molecule has 0 aliphatic rings. The van der Waals surface area contributed by atoms with Crippen molar-refractivity contribution in [1.82, 2.24) is 24.8 Å². The van der Waals surface area contributed by atoms with Crippen LogP contribution < -0.4 is 10.2 Å². The Bertz CT molecular complexity index is 922. The Kier molecular flexibility index (Phi) is 4.75. The minimum atomic E-state index is -0.189. The molecule has 136 valence electrons. The van der Waals surface area contributed by atoms with Crippen molar-refractivity contribution in [3.63, 3.8) is 0 Å². The Hall–Kier alpha value is -3.16. The van der Waals surface area contributed by atoms with Crippen molar-refractivity contribution >= 4 is 17.4 Å². The van der Waals surface area contributed by atoms with Crippen molar-refractivity contribution in [1.29, 1.82) is 0 Å². The summed E-state index contributed by atoms with van der Waals surface area (Å²) in [4.78, 5) is 14.3. The molecule has 8 heteroatoms. The number of anilines is 2. The number of benzene rings is 1. The smallest absolute Gasteiger partial charge is 0.247 e. The molecule has 3 rings (SSSR count). The van der Waals surface area contributed by atoms with Crippen LogP contribution in [0.5, 0.6) is 0 Å². The second kappa shape index (κ2) is 6.99. The van der Waals surface area contributed by atoms with Gasteiger partial charge in [0.1, 0.15) is 6.54 Å².